The second-order valence-electron chi connectivity index (χ2n) is 8.40. The fourth-order valence-corrected chi connectivity index (χ4v) is 3.24. The molecule has 4 rings (SSSR count). The molecule has 38 heavy (non-hydrogen) atoms. The van der Waals surface area contributed by atoms with Crippen molar-refractivity contribution in [1.29, 1.82) is 0 Å². The van der Waals surface area contributed by atoms with E-state index in [1.165, 1.54) is 24.0 Å². The van der Waals surface area contributed by atoms with Crippen molar-refractivity contribution in [2.75, 3.05) is 20.3 Å². The Kier molecular flexibility index (Phi) is 10.9. The van der Waals surface area contributed by atoms with Gasteiger partial charge in [0.15, 0.2) is 0 Å². The minimum Gasteiger partial charge on any atom is -0.497 e. The van der Waals surface area contributed by atoms with Gasteiger partial charge in [-0.05, 0) is 48.4 Å². The number of ether oxygens (including phenoxy) is 2. The van der Waals surface area contributed by atoms with Gasteiger partial charge in [0.1, 0.15) is 11.9 Å². The summed E-state index contributed by atoms with van der Waals surface area (Å²) in [6, 6.07) is 8.16. The van der Waals surface area contributed by atoms with Crippen molar-refractivity contribution in [2.24, 2.45) is 5.92 Å². The third-order valence-electron chi connectivity index (χ3n) is 5.31. The predicted molar refractivity (Wildman–Crippen MR) is 119 cm³/mol. The normalized spacial score (nSPS) is 16.8. The second kappa shape index (κ2) is 13.5. The van der Waals surface area contributed by atoms with Gasteiger partial charge in [-0.3, -0.25) is 4.68 Å². The summed E-state index contributed by atoms with van der Waals surface area (Å²) in [5, 5.41) is 22.5. The van der Waals surface area contributed by atoms with Crippen LogP contribution in [-0.2, 0) is 33.8 Å². The highest BCUT2D eigenvalue weighted by Crippen LogP contribution is 2.32. The molecule has 0 radical (unpaired) electrons. The largest absolute Gasteiger partial charge is 0.497 e. The summed E-state index contributed by atoms with van der Waals surface area (Å²) in [6.45, 7) is 3.47. The first-order chi connectivity index (χ1) is 17.7. The molecule has 1 aliphatic carbocycles. The molecule has 1 fully saturated rings. The standard InChI is InChI=1S/C19H25N3O2.2C2HF3O2/c1-23-17-6-4-14(5-7-17)10-20-11-18-19-16(8-9-24-18)13-22(21-19)12-15-2-3-15;2*3-2(4,5)1(6)7/h4-7,13,15,18,20H,2-3,8-12H2,1H3;2*(H,6,7). The fourth-order valence-electron chi connectivity index (χ4n) is 3.24. The predicted octanol–water partition coefficient (Wildman–Crippen LogP) is 3.97. The van der Waals surface area contributed by atoms with Gasteiger partial charge >= 0.3 is 24.3 Å². The monoisotopic (exact) mass is 555 g/mol. The molecule has 2 aliphatic rings. The molecule has 1 aliphatic heterocycles. The summed E-state index contributed by atoms with van der Waals surface area (Å²) in [5.41, 5.74) is 3.73. The number of halogens is 6. The summed E-state index contributed by atoms with van der Waals surface area (Å²) in [7, 11) is 1.69. The van der Waals surface area contributed by atoms with Crippen molar-refractivity contribution in [2.45, 2.75) is 50.8 Å². The van der Waals surface area contributed by atoms with Gasteiger partial charge in [0, 0.05) is 25.8 Å². The highest BCUT2D eigenvalue weighted by molar-refractivity contribution is 5.73. The maximum Gasteiger partial charge on any atom is 0.490 e. The van der Waals surface area contributed by atoms with E-state index in [-0.39, 0.29) is 6.10 Å². The number of fused-ring (bicyclic) bond motifs is 1. The van der Waals surface area contributed by atoms with Crippen LogP contribution in [0.25, 0.3) is 0 Å². The van der Waals surface area contributed by atoms with Crippen LogP contribution < -0.4 is 10.1 Å². The Bertz CT molecular complexity index is 1030. The van der Waals surface area contributed by atoms with E-state index < -0.39 is 24.3 Å². The van der Waals surface area contributed by atoms with Gasteiger partial charge in [-0.1, -0.05) is 12.1 Å². The molecule has 212 valence electrons. The topological polar surface area (TPSA) is 123 Å². The third kappa shape index (κ3) is 10.6. The van der Waals surface area contributed by atoms with E-state index in [4.69, 9.17) is 34.4 Å². The Morgan fingerprint density at radius 1 is 1.08 bits per heavy atom. The number of nitrogens with one attached hydrogen (secondary N) is 1. The van der Waals surface area contributed by atoms with Crippen LogP contribution in [0.15, 0.2) is 30.5 Å². The SMILES string of the molecule is COc1ccc(CNCC2OCCc3cn(CC4CC4)nc32)cc1.O=C(O)C(F)(F)F.O=C(O)C(F)(F)F. The lowest BCUT2D eigenvalue weighted by atomic mass is 10.1. The Balaban J connectivity index is 0.000000301. The first-order valence-corrected chi connectivity index (χ1v) is 11.3. The van der Waals surface area contributed by atoms with Crippen LogP contribution in [0.2, 0.25) is 0 Å². The van der Waals surface area contributed by atoms with Crippen LogP contribution in [0, 0.1) is 5.92 Å². The van der Waals surface area contributed by atoms with E-state index in [0.717, 1.165) is 50.0 Å². The van der Waals surface area contributed by atoms with Crippen molar-refractivity contribution in [3.63, 3.8) is 0 Å². The van der Waals surface area contributed by atoms with Gasteiger partial charge in [-0.2, -0.15) is 31.4 Å². The fraction of sp³-hybridized carbons (Fsp3) is 0.522. The summed E-state index contributed by atoms with van der Waals surface area (Å²) in [4.78, 5) is 17.8. The van der Waals surface area contributed by atoms with Crippen LogP contribution in [0.4, 0.5) is 26.3 Å². The molecule has 1 atom stereocenters. The Labute approximate surface area is 213 Å². The molecule has 9 nitrogen and oxygen atoms in total. The average Bonchev–Trinajstić information content (AvgIpc) is 3.55. The molecule has 2 heterocycles. The highest BCUT2D eigenvalue weighted by Gasteiger charge is 2.38. The van der Waals surface area contributed by atoms with Crippen LogP contribution >= 0.6 is 0 Å². The maximum absolute atomic E-state index is 10.6. The minimum absolute atomic E-state index is 0.0625. The molecule has 1 aromatic heterocycles. The smallest absolute Gasteiger partial charge is 0.490 e. The number of aliphatic carboxylic acids is 2. The van der Waals surface area contributed by atoms with Gasteiger partial charge < -0.3 is 25.0 Å². The van der Waals surface area contributed by atoms with Gasteiger partial charge in [-0.15, -0.1) is 0 Å². The lowest BCUT2D eigenvalue weighted by Gasteiger charge is -2.22. The summed E-state index contributed by atoms with van der Waals surface area (Å²) < 4.78 is 76.8. The number of carboxylic acid groups (broad SMARTS) is 2. The molecule has 15 heteroatoms. The number of rotatable bonds is 7. The zero-order chi connectivity index (χ0) is 28.5. The van der Waals surface area contributed by atoms with E-state index in [2.05, 4.69) is 28.3 Å². The molecule has 1 unspecified atom stereocenters. The first-order valence-electron chi connectivity index (χ1n) is 11.3. The second-order valence-corrected chi connectivity index (χ2v) is 8.40. The minimum atomic E-state index is -5.08. The number of benzene rings is 1. The lowest BCUT2D eigenvalue weighted by Crippen LogP contribution is -2.27. The van der Waals surface area contributed by atoms with Crippen LogP contribution in [0.3, 0.4) is 0 Å². The van der Waals surface area contributed by atoms with Crippen molar-refractivity contribution >= 4 is 11.9 Å². The quantitative estimate of drug-likeness (QED) is 0.439. The van der Waals surface area contributed by atoms with E-state index in [9.17, 15) is 26.3 Å². The maximum atomic E-state index is 10.6. The first kappa shape index (κ1) is 30.9. The molecule has 1 aromatic carbocycles. The molecule has 0 bridgehead atoms. The number of hydrogen-bond donors (Lipinski definition) is 3. The Morgan fingerprint density at radius 3 is 2.11 bits per heavy atom. The number of aromatic nitrogens is 2. The summed E-state index contributed by atoms with van der Waals surface area (Å²) in [6.07, 6.45) is -4.18. The Morgan fingerprint density at radius 2 is 1.63 bits per heavy atom. The number of hydrogen-bond acceptors (Lipinski definition) is 6. The number of nitrogens with zero attached hydrogens (tertiary/aromatic N) is 2. The van der Waals surface area contributed by atoms with Crippen molar-refractivity contribution in [3.05, 3.63) is 47.3 Å². The zero-order valence-electron chi connectivity index (χ0n) is 20.2. The summed E-state index contributed by atoms with van der Waals surface area (Å²) in [5.74, 6) is -3.78. The van der Waals surface area contributed by atoms with E-state index in [1.807, 2.05) is 12.1 Å². The summed E-state index contributed by atoms with van der Waals surface area (Å²) >= 11 is 0. The van der Waals surface area contributed by atoms with Crippen LogP contribution in [0.5, 0.6) is 5.75 Å². The third-order valence-corrected chi connectivity index (χ3v) is 5.31. The number of alkyl halides is 6. The highest BCUT2D eigenvalue weighted by atomic mass is 19.4. The van der Waals surface area contributed by atoms with Crippen molar-refractivity contribution in [1.82, 2.24) is 15.1 Å². The van der Waals surface area contributed by atoms with Gasteiger partial charge in [0.25, 0.3) is 0 Å². The van der Waals surface area contributed by atoms with Gasteiger partial charge in [0.05, 0.1) is 19.4 Å². The molecule has 2 aromatic rings. The number of carbonyl (C=O) groups is 2. The van der Waals surface area contributed by atoms with E-state index in [0.29, 0.717) is 0 Å². The van der Waals surface area contributed by atoms with Gasteiger partial charge in [-0.25, -0.2) is 9.59 Å². The van der Waals surface area contributed by atoms with Crippen LogP contribution in [-0.4, -0.2) is 64.5 Å². The molecular formula is C23H27F6N3O6. The van der Waals surface area contributed by atoms with Gasteiger partial charge in [0.2, 0.25) is 0 Å². The van der Waals surface area contributed by atoms with Crippen LogP contribution in [0.1, 0.15) is 35.8 Å². The lowest BCUT2D eigenvalue weighted by molar-refractivity contribution is -0.193. The number of carboxylic acids is 2. The average molecular weight is 555 g/mol. The van der Waals surface area contributed by atoms with E-state index >= 15 is 0 Å². The van der Waals surface area contributed by atoms with Crippen molar-refractivity contribution < 1.29 is 55.6 Å². The van der Waals surface area contributed by atoms with Crippen molar-refractivity contribution in [3.8, 4) is 5.75 Å². The Hall–Kier alpha value is -3.33. The molecule has 1 saturated carbocycles. The zero-order valence-corrected chi connectivity index (χ0v) is 20.2. The number of methoxy groups -OCH3 is 1. The molecule has 0 spiro atoms. The molecular weight excluding hydrogens is 528 g/mol. The molecule has 0 amide bonds. The van der Waals surface area contributed by atoms with E-state index in [1.54, 1.807) is 7.11 Å². The molecule has 3 N–H and O–H groups in total. The molecule has 0 saturated heterocycles.